The molecule has 0 spiro atoms. The normalized spacial score (nSPS) is 22.7. The van der Waals surface area contributed by atoms with Gasteiger partial charge in [0.15, 0.2) is 0 Å². The van der Waals surface area contributed by atoms with E-state index in [9.17, 15) is 25.0 Å². The Labute approximate surface area is 138 Å². The molecule has 0 amide bonds. The highest BCUT2D eigenvalue weighted by atomic mass is 31.2. The van der Waals surface area contributed by atoms with E-state index in [4.69, 9.17) is 9.79 Å². The van der Waals surface area contributed by atoms with Gasteiger partial charge in [-0.05, 0) is 17.7 Å². The Kier molecular flexibility index (Phi) is 5.15. The Morgan fingerprint density at radius 2 is 1.67 bits per heavy atom. The summed E-state index contributed by atoms with van der Waals surface area (Å²) in [6.45, 7) is 1.65. The minimum Gasteiger partial charge on any atom is -0.511 e. The van der Waals surface area contributed by atoms with Crippen molar-refractivity contribution < 1.29 is 34.8 Å². The summed E-state index contributed by atoms with van der Waals surface area (Å²) in [6.07, 6.45) is 0.687. The molecule has 0 saturated carbocycles. The third-order valence-electron chi connectivity index (χ3n) is 3.75. The quantitative estimate of drug-likeness (QED) is 0.451. The second kappa shape index (κ2) is 6.78. The zero-order valence-corrected chi connectivity index (χ0v) is 13.6. The molecule has 0 heterocycles. The lowest BCUT2D eigenvalue weighted by Gasteiger charge is -2.29. The molecule has 0 saturated heterocycles. The number of allylic oxidation sites excluding steroid dienone is 2. The molecule has 0 fully saturated rings. The molecule has 8 nitrogen and oxygen atoms in total. The summed E-state index contributed by atoms with van der Waals surface area (Å²) >= 11 is 0. The number of benzene rings is 1. The van der Waals surface area contributed by atoms with Gasteiger partial charge in [-0.1, -0.05) is 19.1 Å². The molecule has 24 heavy (non-hydrogen) atoms. The van der Waals surface area contributed by atoms with Crippen molar-refractivity contribution in [3.63, 3.8) is 0 Å². The molecule has 0 radical (unpaired) electrons. The van der Waals surface area contributed by atoms with Crippen LogP contribution in [0.15, 0.2) is 52.7 Å². The number of rotatable bonds is 4. The van der Waals surface area contributed by atoms with Gasteiger partial charge in [-0.15, -0.1) is 0 Å². The van der Waals surface area contributed by atoms with Gasteiger partial charge >= 0.3 is 7.75 Å². The van der Waals surface area contributed by atoms with E-state index in [2.05, 4.69) is 4.76 Å². The number of hydrogen-bond acceptors (Lipinski definition) is 5. The minimum atomic E-state index is -4.82. The molecule has 1 aliphatic rings. The fraction of sp³-hybridized carbons (Fsp3) is 0.267. The van der Waals surface area contributed by atoms with E-state index in [-0.39, 0.29) is 11.5 Å². The first-order valence-electron chi connectivity index (χ1n) is 7.02. The zero-order chi connectivity index (χ0) is 18.1. The van der Waals surface area contributed by atoms with Gasteiger partial charge in [-0.3, -0.25) is 0 Å². The summed E-state index contributed by atoms with van der Waals surface area (Å²) < 4.78 is 14.4. The number of nitrogens with zero attached hydrogens (tertiary/aromatic N) is 1. The Hall–Kier alpha value is -2.12. The number of phenolic OH excluding ortho intramolecular Hbond substituents is 1. The molecule has 0 aliphatic heterocycles. The van der Waals surface area contributed by atoms with E-state index in [1.54, 1.807) is 19.1 Å². The van der Waals surface area contributed by atoms with Crippen LogP contribution in [0.4, 0.5) is 0 Å². The first-order valence-corrected chi connectivity index (χ1v) is 8.59. The van der Waals surface area contributed by atoms with Gasteiger partial charge in [-0.2, -0.15) is 4.76 Å². The first-order chi connectivity index (χ1) is 11.1. The topological polar surface area (TPSA) is 151 Å². The summed E-state index contributed by atoms with van der Waals surface area (Å²) in [7, 11) is -4.82. The van der Waals surface area contributed by atoms with E-state index in [0.717, 1.165) is 12.2 Å². The van der Waals surface area contributed by atoms with E-state index in [1.807, 2.05) is 0 Å². The Bertz CT molecular complexity index is 748. The highest BCUT2D eigenvalue weighted by molar-refractivity contribution is 7.50. The molecular weight excluding hydrogens is 337 g/mol. The largest absolute Gasteiger partial charge is 0.511 e. The number of hydrogen-bond donors (Lipinski definition) is 6. The monoisotopic (exact) mass is 355 g/mol. The Morgan fingerprint density at radius 3 is 2.21 bits per heavy atom. The van der Waals surface area contributed by atoms with Crippen LogP contribution < -0.4 is 0 Å². The third-order valence-corrected chi connectivity index (χ3v) is 4.24. The smallest absolute Gasteiger partial charge is 0.448 e. The molecule has 130 valence electrons. The van der Waals surface area contributed by atoms with Crippen molar-refractivity contribution >= 4 is 13.5 Å². The summed E-state index contributed by atoms with van der Waals surface area (Å²) in [6, 6.07) is 6.04. The maximum atomic E-state index is 11.1. The van der Waals surface area contributed by atoms with Gasteiger partial charge in [0.05, 0.1) is 17.7 Å². The number of phenols is 1. The predicted octanol–water partition coefficient (Wildman–Crippen LogP) is 1.90. The molecule has 0 aromatic heterocycles. The second-order valence-corrected chi connectivity index (χ2v) is 6.75. The summed E-state index contributed by atoms with van der Waals surface area (Å²) in [5, 5.41) is 39.5. The average molecular weight is 355 g/mol. The summed E-state index contributed by atoms with van der Waals surface area (Å²) in [5.74, 6) is -2.60. The van der Waals surface area contributed by atoms with Crippen molar-refractivity contribution in [3.8, 4) is 5.75 Å². The van der Waals surface area contributed by atoms with Crippen molar-refractivity contribution in [2.24, 2.45) is 10.7 Å². The van der Waals surface area contributed by atoms with Crippen LogP contribution in [0.25, 0.3) is 0 Å². The number of aromatic hydroxyl groups is 1. The van der Waals surface area contributed by atoms with Gasteiger partial charge in [0.1, 0.15) is 17.3 Å². The molecule has 2 rings (SSSR count). The number of aliphatic hydroxyl groups excluding tert-OH is 3. The number of aliphatic hydroxyl groups is 3. The predicted molar refractivity (Wildman–Crippen MR) is 86.9 cm³/mol. The van der Waals surface area contributed by atoms with Crippen molar-refractivity contribution in [3.05, 3.63) is 53.5 Å². The molecule has 1 aliphatic carbocycles. The summed E-state index contributed by atoms with van der Waals surface area (Å²) in [4.78, 5) is 18.1. The van der Waals surface area contributed by atoms with E-state index >= 15 is 0 Å². The van der Waals surface area contributed by atoms with Crippen LogP contribution in [0.2, 0.25) is 0 Å². The fourth-order valence-corrected chi connectivity index (χ4v) is 3.01. The molecular formula is C15H18NO7P. The minimum absolute atomic E-state index is 0.0532. The second-order valence-electron chi connectivity index (χ2n) is 5.53. The van der Waals surface area contributed by atoms with E-state index in [1.165, 1.54) is 12.1 Å². The van der Waals surface area contributed by atoms with Crippen molar-refractivity contribution in [1.82, 2.24) is 0 Å². The molecule has 1 aromatic rings. The maximum absolute atomic E-state index is 11.1. The van der Waals surface area contributed by atoms with Crippen molar-refractivity contribution in [1.29, 1.82) is 0 Å². The van der Waals surface area contributed by atoms with Crippen molar-refractivity contribution in [2.45, 2.75) is 18.9 Å². The standard InChI is InChI=1S/C15H18NO7P/c1-8(9-2-4-10(17)5-3-9)15(20)14-12(16-24(21,22)23)6-11(18)7-13(14)19/h2-8,14-15,17-20H,1H3,(H2,21,22,23)/b16-12+. The van der Waals surface area contributed by atoms with Crippen LogP contribution in [-0.2, 0) is 4.57 Å². The zero-order valence-electron chi connectivity index (χ0n) is 12.7. The maximum Gasteiger partial charge on any atom is 0.448 e. The van der Waals surface area contributed by atoms with Gasteiger partial charge < -0.3 is 30.2 Å². The average Bonchev–Trinajstić information content (AvgIpc) is 2.44. The summed E-state index contributed by atoms with van der Waals surface area (Å²) in [5.41, 5.74) is 0.321. The molecule has 9 heteroatoms. The van der Waals surface area contributed by atoms with Crippen LogP contribution in [0, 0.1) is 5.92 Å². The van der Waals surface area contributed by atoms with Gasteiger partial charge in [0.2, 0.25) is 0 Å². The van der Waals surface area contributed by atoms with Crippen LogP contribution in [-0.4, -0.2) is 42.0 Å². The molecule has 6 N–H and O–H groups in total. The van der Waals surface area contributed by atoms with Crippen LogP contribution in [0.3, 0.4) is 0 Å². The lowest BCUT2D eigenvalue weighted by molar-refractivity contribution is 0.108. The SMILES string of the molecule is CC(c1ccc(O)cc1)C(O)C1C(O)=CC(O)=C/C1=N\P(=O)(O)O. The molecule has 1 aromatic carbocycles. The van der Waals surface area contributed by atoms with Crippen LogP contribution in [0.1, 0.15) is 18.4 Å². The Balaban J connectivity index is 2.39. The van der Waals surface area contributed by atoms with Crippen LogP contribution in [0.5, 0.6) is 5.75 Å². The molecule has 0 bridgehead atoms. The van der Waals surface area contributed by atoms with Gasteiger partial charge in [0, 0.05) is 18.1 Å². The highest BCUT2D eigenvalue weighted by Gasteiger charge is 2.36. The lowest BCUT2D eigenvalue weighted by atomic mass is 9.81. The first kappa shape index (κ1) is 18.2. The molecule has 3 unspecified atom stereocenters. The highest BCUT2D eigenvalue weighted by Crippen LogP contribution is 2.40. The fourth-order valence-electron chi connectivity index (χ4n) is 2.53. The molecule has 3 atom stereocenters. The Morgan fingerprint density at radius 1 is 1.08 bits per heavy atom. The lowest BCUT2D eigenvalue weighted by Crippen LogP contribution is -2.35. The van der Waals surface area contributed by atoms with Gasteiger partial charge in [0.25, 0.3) is 0 Å². The van der Waals surface area contributed by atoms with Crippen molar-refractivity contribution in [2.75, 3.05) is 0 Å². The third kappa shape index (κ3) is 4.24. The van der Waals surface area contributed by atoms with Gasteiger partial charge in [-0.25, -0.2) is 4.57 Å². The van der Waals surface area contributed by atoms with E-state index in [0.29, 0.717) is 5.56 Å². The van der Waals surface area contributed by atoms with Crippen LogP contribution >= 0.6 is 7.75 Å². The van der Waals surface area contributed by atoms with E-state index < -0.39 is 37.2 Å².